The number of likely N-dealkylation sites (N-methyl/N-ethyl adjacent to an activating group) is 1. The van der Waals surface area contributed by atoms with Crippen LogP contribution in [0.15, 0.2) is 77.7 Å². The molecule has 1 unspecified atom stereocenters. The smallest absolute Gasteiger partial charge is 0.252 e. The predicted octanol–water partition coefficient (Wildman–Crippen LogP) is 4.47. The molecule has 3 aromatic rings. The van der Waals surface area contributed by atoms with Crippen LogP contribution in [0.2, 0.25) is 0 Å². The summed E-state index contributed by atoms with van der Waals surface area (Å²) >= 11 is 1.64. The van der Waals surface area contributed by atoms with E-state index in [-0.39, 0.29) is 5.56 Å². The van der Waals surface area contributed by atoms with E-state index in [2.05, 4.69) is 10.6 Å². The molecule has 0 heterocycles. The van der Waals surface area contributed by atoms with Gasteiger partial charge >= 0.3 is 0 Å². The summed E-state index contributed by atoms with van der Waals surface area (Å²) in [7, 11) is 1.40. The predicted molar refractivity (Wildman–Crippen MR) is 113 cm³/mol. The van der Waals surface area contributed by atoms with Crippen LogP contribution in [0.3, 0.4) is 0 Å². The van der Waals surface area contributed by atoms with Gasteiger partial charge in [0.25, 0.3) is 5.91 Å². The molecule has 3 aromatic carbocycles. The fourth-order valence-electron chi connectivity index (χ4n) is 2.79. The van der Waals surface area contributed by atoms with Crippen LogP contribution in [0.1, 0.15) is 27.5 Å². The average molecular weight is 426 g/mol. The lowest BCUT2D eigenvalue weighted by molar-refractivity contribution is -0.122. The lowest BCUT2D eigenvalue weighted by Crippen LogP contribution is -2.39. The van der Waals surface area contributed by atoms with E-state index in [1.807, 2.05) is 42.5 Å². The second kappa shape index (κ2) is 10.0. The molecule has 0 radical (unpaired) electrons. The van der Waals surface area contributed by atoms with Crippen molar-refractivity contribution in [3.8, 4) is 0 Å². The second-order valence-corrected chi connectivity index (χ2v) is 7.54. The highest BCUT2D eigenvalue weighted by Crippen LogP contribution is 2.23. The molecule has 0 aliphatic heterocycles. The minimum absolute atomic E-state index is 0.150. The SMILES string of the molecule is CNC(=O)C(NC(=O)c1ccc(SCc2ccccc2)cc1)c1ccc(F)c(F)c1. The van der Waals surface area contributed by atoms with Crippen LogP contribution in [0.4, 0.5) is 8.78 Å². The van der Waals surface area contributed by atoms with Gasteiger partial charge in [-0.3, -0.25) is 9.59 Å². The van der Waals surface area contributed by atoms with E-state index in [0.717, 1.165) is 22.8 Å². The summed E-state index contributed by atoms with van der Waals surface area (Å²) in [6.07, 6.45) is 0. The van der Waals surface area contributed by atoms with Crippen molar-refractivity contribution in [3.63, 3.8) is 0 Å². The zero-order valence-corrected chi connectivity index (χ0v) is 17.0. The number of thioether (sulfide) groups is 1. The molecule has 4 nitrogen and oxygen atoms in total. The summed E-state index contributed by atoms with van der Waals surface area (Å²) in [5, 5.41) is 5.00. The molecule has 0 aromatic heterocycles. The molecule has 7 heteroatoms. The number of benzene rings is 3. The van der Waals surface area contributed by atoms with Crippen molar-refractivity contribution in [2.75, 3.05) is 7.05 Å². The third-order valence-electron chi connectivity index (χ3n) is 4.43. The first-order valence-corrected chi connectivity index (χ1v) is 10.2. The molecule has 154 valence electrons. The summed E-state index contributed by atoms with van der Waals surface area (Å²) in [5.41, 5.74) is 1.71. The van der Waals surface area contributed by atoms with Gasteiger partial charge in [0.2, 0.25) is 5.91 Å². The maximum atomic E-state index is 13.6. The van der Waals surface area contributed by atoms with Crippen LogP contribution in [-0.2, 0) is 10.5 Å². The molecule has 0 aliphatic rings. The fraction of sp³-hybridized carbons (Fsp3) is 0.130. The molecule has 30 heavy (non-hydrogen) atoms. The lowest BCUT2D eigenvalue weighted by Gasteiger charge is -2.18. The Morgan fingerprint density at radius 2 is 1.63 bits per heavy atom. The molecule has 0 saturated heterocycles. The molecule has 1 atom stereocenters. The molecule has 0 fully saturated rings. The Labute approximate surface area is 177 Å². The minimum atomic E-state index is -1.15. The van der Waals surface area contributed by atoms with E-state index in [1.165, 1.54) is 18.7 Å². The standard InChI is InChI=1S/C23H20F2N2O2S/c1-26-23(29)21(17-9-12-19(24)20(25)13-17)27-22(28)16-7-10-18(11-8-16)30-14-15-5-3-2-4-6-15/h2-13,21H,14H2,1H3,(H,26,29)(H,27,28). The van der Waals surface area contributed by atoms with Crippen molar-refractivity contribution >= 4 is 23.6 Å². The van der Waals surface area contributed by atoms with Crippen molar-refractivity contribution in [1.29, 1.82) is 0 Å². The van der Waals surface area contributed by atoms with Crippen LogP contribution < -0.4 is 10.6 Å². The Morgan fingerprint density at radius 1 is 0.933 bits per heavy atom. The van der Waals surface area contributed by atoms with Crippen LogP contribution in [0, 0.1) is 11.6 Å². The number of amides is 2. The summed E-state index contributed by atoms with van der Waals surface area (Å²) in [6, 6.07) is 19.0. The van der Waals surface area contributed by atoms with Crippen LogP contribution >= 0.6 is 11.8 Å². The fourth-order valence-corrected chi connectivity index (χ4v) is 3.65. The van der Waals surface area contributed by atoms with Crippen molar-refractivity contribution in [2.24, 2.45) is 0 Å². The van der Waals surface area contributed by atoms with E-state index in [0.29, 0.717) is 5.56 Å². The molecule has 2 amide bonds. The van der Waals surface area contributed by atoms with Crippen molar-refractivity contribution in [2.45, 2.75) is 16.7 Å². The average Bonchev–Trinajstić information content (AvgIpc) is 2.78. The number of hydrogen-bond donors (Lipinski definition) is 2. The number of rotatable bonds is 7. The summed E-state index contributed by atoms with van der Waals surface area (Å²) < 4.78 is 26.8. The van der Waals surface area contributed by atoms with Gasteiger partial charge in [-0.15, -0.1) is 11.8 Å². The molecule has 3 rings (SSSR count). The highest BCUT2D eigenvalue weighted by atomic mass is 32.2. The van der Waals surface area contributed by atoms with Crippen molar-refractivity contribution in [3.05, 3.63) is 101 Å². The summed E-state index contributed by atoms with van der Waals surface area (Å²) in [4.78, 5) is 25.8. The number of hydrogen-bond acceptors (Lipinski definition) is 3. The number of carbonyl (C=O) groups excluding carboxylic acids is 2. The molecule has 0 saturated carbocycles. The van der Waals surface area contributed by atoms with E-state index in [9.17, 15) is 18.4 Å². The molecule has 2 N–H and O–H groups in total. The van der Waals surface area contributed by atoms with Crippen LogP contribution in [0.25, 0.3) is 0 Å². The third-order valence-corrected chi connectivity index (χ3v) is 5.51. The van der Waals surface area contributed by atoms with E-state index < -0.39 is 29.5 Å². The molecule has 0 spiro atoms. The van der Waals surface area contributed by atoms with Gasteiger partial charge < -0.3 is 10.6 Å². The van der Waals surface area contributed by atoms with E-state index in [4.69, 9.17) is 0 Å². The zero-order valence-electron chi connectivity index (χ0n) is 16.2. The zero-order chi connectivity index (χ0) is 21.5. The van der Waals surface area contributed by atoms with Gasteiger partial charge in [-0.05, 0) is 47.5 Å². The van der Waals surface area contributed by atoms with Gasteiger partial charge in [-0.1, -0.05) is 36.4 Å². The first kappa shape index (κ1) is 21.5. The summed E-state index contributed by atoms with van der Waals surface area (Å²) in [5.74, 6) is -2.33. The Morgan fingerprint density at radius 3 is 2.27 bits per heavy atom. The highest BCUT2D eigenvalue weighted by Gasteiger charge is 2.23. The van der Waals surface area contributed by atoms with Crippen LogP contribution in [-0.4, -0.2) is 18.9 Å². The Balaban J connectivity index is 1.69. The quantitative estimate of drug-likeness (QED) is 0.548. The van der Waals surface area contributed by atoms with Gasteiger partial charge in [-0.2, -0.15) is 0 Å². The Hall–Kier alpha value is -3.19. The topological polar surface area (TPSA) is 58.2 Å². The number of halogens is 2. The van der Waals surface area contributed by atoms with Gasteiger partial charge in [0, 0.05) is 23.3 Å². The maximum absolute atomic E-state index is 13.6. The van der Waals surface area contributed by atoms with Crippen molar-refractivity contribution in [1.82, 2.24) is 10.6 Å². The largest absolute Gasteiger partial charge is 0.357 e. The number of nitrogens with one attached hydrogen (secondary N) is 2. The normalized spacial score (nSPS) is 11.6. The van der Waals surface area contributed by atoms with Crippen LogP contribution in [0.5, 0.6) is 0 Å². The van der Waals surface area contributed by atoms with Gasteiger partial charge in [0.05, 0.1) is 0 Å². The van der Waals surface area contributed by atoms with E-state index >= 15 is 0 Å². The first-order valence-electron chi connectivity index (χ1n) is 9.22. The minimum Gasteiger partial charge on any atom is -0.357 e. The lowest BCUT2D eigenvalue weighted by atomic mass is 10.0. The molecular formula is C23H20F2N2O2S. The second-order valence-electron chi connectivity index (χ2n) is 6.49. The highest BCUT2D eigenvalue weighted by molar-refractivity contribution is 7.98. The van der Waals surface area contributed by atoms with Crippen molar-refractivity contribution < 1.29 is 18.4 Å². The Kier molecular flexibility index (Phi) is 7.19. The molecule has 0 bridgehead atoms. The van der Waals surface area contributed by atoms with Gasteiger partial charge in [-0.25, -0.2) is 8.78 Å². The van der Waals surface area contributed by atoms with E-state index in [1.54, 1.807) is 23.9 Å². The monoisotopic (exact) mass is 426 g/mol. The maximum Gasteiger partial charge on any atom is 0.252 e. The van der Waals surface area contributed by atoms with Gasteiger partial charge in [0.15, 0.2) is 11.6 Å². The number of carbonyl (C=O) groups is 2. The molecular weight excluding hydrogens is 406 g/mol. The van der Waals surface area contributed by atoms with Gasteiger partial charge in [0.1, 0.15) is 6.04 Å². The summed E-state index contributed by atoms with van der Waals surface area (Å²) in [6.45, 7) is 0. The first-order chi connectivity index (χ1) is 14.5. The Bertz CT molecular complexity index is 1030. The third kappa shape index (κ3) is 5.45. The molecule has 0 aliphatic carbocycles.